The molecular weight excluding hydrogens is 617 g/mol. The van der Waals surface area contributed by atoms with Gasteiger partial charge in [-0.1, -0.05) is 12.7 Å². The van der Waals surface area contributed by atoms with E-state index in [0.717, 1.165) is 39.9 Å². The maximum atomic E-state index is 7.37. The molecule has 3 radical (unpaired) electrons. The van der Waals surface area contributed by atoms with Crippen molar-refractivity contribution in [3.05, 3.63) is 18.2 Å². The van der Waals surface area contributed by atoms with Gasteiger partial charge in [0.2, 0.25) is 16.6 Å². The van der Waals surface area contributed by atoms with Gasteiger partial charge in [-0.25, -0.2) is 0 Å². The van der Waals surface area contributed by atoms with Crippen molar-refractivity contribution < 1.29 is 26.2 Å². The van der Waals surface area contributed by atoms with Gasteiger partial charge in [-0.2, -0.15) is 0 Å². The van der Waals surface area contributed by atoms with Crippen LogP contribution in [0.25, 0.3) is 6.08 Å². The molecule has 6 nitrogen and oxygen atoms in total. The smallest absolute Gasteiger partial charge is 0.370 e. The van der Waals surface area contributed by atoms with Gasteiger partial charge in [0.05, 0.1) is 10.2 Å². The topological polar surface area (TPSA) is 55.4 Å². The summed E-state index contributed by atoms with van der Waals surface area (Å²) in [6.07, 6.45) is 3.42. The zero-order chi connectivity index (χ0) is 31.2. The number of hydrogen-bond acceptors (Lipinski definition) is 6. The summed E-state index contributed by atoms with van der Waals surface area (Å²) in [6, 6.07) is 2.95. The Hall–Kier alpha value is -0.0818. The summed E-state index contributed by atoms with van der Waals surface area (Å²) < 4.78 is 42.1. The van der Waals surface area contributed by atoms with E-state index in [1.54, 1.807) is 0 Å². The molecule has 1 aromatic rings. The van der Waals surface area contributed by atoms with Gasteiger partial charge in [0, 0.05) is 11.6 Å². The van der Waals surface area contributed by atoms with Gasteiger partial charge in [-0.05, 0) is 127 Å². The van der Waals surface area contributed by atoms with Crippen molar-refractivity contribution in [1.29, 1.82) is 0 Å². The van der Waals surface area contributed by atoms with Crippen molar-refractivity contribution >= 4 is 76.8 Å². The van der Waals surface area contributed by atoms with Crippen molar-refractivity contribution in [1.82, 2.24) is 0 Å². The van der Waals surface area contributed by atoms with Crippen LogP contribution in [-0.4, -0.2) is 66.4 Å². The Morgan fingerprint density at radius 1 is 0.775 bits per heavy atom. The summed E-state index contributed by atoms with van der Waals surface area (Å²) in [5.41, 5.74) is 0.936. The molecule has 1 fully saturated rings. The molecule has 1 aromatic carbocycles. The molecule has 1 aliphatic heterocycles. The second kappa shape index (κ2) is 12.1. The number of rotatable bonds is 12. The molecule has 0 bridgehead atoms. The lowest BCUT2D eigenvalue weighted by Gasteiger charge is -2.51. The van der Waals surface area contributed by atoms with Crippen LogP contribution >= 0.6 is 0 Å². The third-order valence-electron chi connectivity index (χ3n) is 5.42. The largest absolute Gasteiger partial charge is 0.542 e. The Balaban J connectivity index is 3.02. The summed E-state index contributed by atoms with van der Waals surface area (Å²) in [4.78, 5) is 0. The minimum atomic E-state index is -3.23. The summed E-state index contributed by atoms with van der Waals surface area (Å²) in [7, 11) is -9.72. The minimum absolute atomic E-state index is 0.679. The van der Waals surface area contributed by atoms with Crippen LogP contribution in [0, 0.1) is 0 Å². The van der Waals surface area contributed by atoms with Gasteiger partial charge in [-0.3, -0.25) is 0 Å². The summed E-state index contributed by atoms with van der Waals surface area (Å²) in [5.74, 6) is 0.337. The van der Waals surface area contributed by atoms with Crippen molar-refractivity contribution in [3.8, 4) is 11.5 Å². The third kappa shape index (κ3) is 10.6. The summed E-state index contributed by atoms with van der Waals surface area (Å²) in [6.45, 7) is 37.1. The first kappa shape index (κ1) is 36.1. The van der Waals surface area contributed by atoms with E-state index >= 15 is 0 Å². The molecule has 0 saturated carbocycles. The maximum absolute atomic E-state index is 7.37. The van der Waals surface area contributed by atoms with Crippen LogP contribution in [0.1, 0.15) is 18.4 Å². The Morgan fingerprint density at radius 3 is 1.65 bits per heavy atom. The molecule has 1 unspecified atom stereocenters. The molecule has 1 atom stereocenters. The molecule has 13 heteroatoms. The van der Waals surface area contributed by atoms with Gasteiger partial charge < -0.3 is 26.2 Å². The molecule has 0 amide bonds. The lowest BCUT2D eigenvalue weighted by Crippen LogP contribution is -2.68. The van der Waals surface area contributed by atoms with Gasteiger partial charge in [0.25, 0.3) is 5.97 Å². The third-order valence-corrected chi connectivity index (χ3v) is 16.0. The quantitative estimate of drug-likeness (QED) is 0.173. The zero-order valence-corrected chi connectivity index (χ0v) is 34.9. The highest BCUT2D eigenvalue weighted by Crippen LogP contribution is 2.43. The van der Waals surface area contributed by atoms with Gasteiger partial charge >= 0.3 is 8.56 Å². The van der Waals surface area contributed by atoms with Crippen molar-refractivity contribution in [2.75, 3.05) is 0 Å². The van der Waals surface area contributed by atoms with Crippen LogP contribution in [0.3, 0.4) is 0 Å². The molecule has 0 spiro atoms. The fourth-order valence-corrected chi connectivity index (χ4v) is 17.0. The van der Waals surface area contributed by atoms with E-state index in [-0.39, 0.29) is 0 Å². The van der Waals surface area contributed by atoms with E-state index in [2.05, 4.69) is 121 Å². The van der Waals surface area contributed by atoms with Crippen molar-refractivity contribution in [3.63, 3.8) is 0 Å². The first-order chi connectivity index (χ1) is 17.7. The fourth-order valence-electron chi connectivity index (χ4n) is 4.71. The fraction of sp³-hybridized carbons (Fsp3) is 0.704. The van der Waals surface area contributed by atoms with Crippen LogP contribution in [0.15, 0.2) is 12.6 Å². The molecule has 227 valence electrons. The molecule has 1 heterocycles. The molecular formula is C27H55O6Si7. The Labute approximate surface area is 254 Å². The van der Waals surface area contributed by atoms with Crippen LogP contribution < -0.4 is 19.2 Å². The Bertz CT molecular complexity index is 1050. The van der Waals surface area contributed by atoms with Crippen LogP contribution in [-0.2, 0) is 17.4 Å². The molecule has 2 rings (SSSR count). The van der Waals surface area contributed by atoms with E-state index in [4.69, 9.17) is 26.2 Å². The highest BCUT2D eigenvalue weighted by Gasteiger charge is 2.58. The summed E-state index contributed by atoms with van der Waals surface area (Å²) in [5, 5.41) is 1.82. The first-order valence-corrected chi connectivity index (χ1v) is 34.0. The Kier molecular flexibility index (Phi) is 11.0. The highest BCUT2D eigenvalue weighted by molar-refractivity contribution is 6.90. The maximum Gasteiger partial charge on any atom is 0.370 e. The lowest BCUT2D eigenvalue weighted by molar-refractivity contribution is -0.284. The van der Waals surface area contributed by atoms with Gasteiger partial charge in [-0.15, -0.1) is 0 Å². The molecule has 0 N–H and O–H groups in total. The average Bonchev–Trinajstić information content (AvgIpc) is 2.64. The van der Waals surface area contributed by atoms with E-state index in [1.807, 2.05) is 6.08 Å². The van der Waals surface area contributed by atoms with E-state index < -0.39 is 56.1 Å². The number of hydrogen-bond donors (Lipinski definition) is 0. The predicted octanol–water partition coefficient (Wildman–Crippen LogP) is 7.22. The van der Waals surface area contributed by atoms with Crippen LogP contribution in [0.2, 0.25) is 104 Å². The van der Waals surface area contributed by atoms with E-state index in [0.29, 0.717) is 6.42 Å². The second-order valence-electron chi connectivity index (χ2n) is 15.7. The SMILES string of the molecule is C=Cc1cc([Si]2(O[Si](C)(C)C)CCCC(O[Si](C)(C)C)(O[Si](C)(C)C)O2)c(O[Si](C)(C)C)c(O[Si](C)(C)C)c1[Si]. The van der Waals surface area contributed by atoms with E-state index in [1.165, 1.54) is 0 Å². The molecule has 1 saturated heterocycles. The second-order valence-corrected chi connectivity index (χ2v) is 41.7. The predicted molar refractivity (Wildman–Crippen MR) is 186 cm³/mol. The zero-order valence-electron chi connectivity index (χ0n) is 27.9. The Morgan fingerprint density at radius 2 is 1.25 bits per heavy atom. The first-order valence-electron chi connectivity index (χ1n) is 14.4. The minimum Gasteiger partial charge on any atom is -0.542 e. The van der Waals surface area contributed by atoms with Gasteiger partial charge in [0.1, 0.15) is 11.5 Å². The average molecular weight is 672 g/mol. The molecule has 40 heavy (non-hydrogen) atoms. The van der Waals surface area contributed by atoms with Crippen molar-refractivity contribution in [2.45, 2.75) is 123 Å². The van der Waals surface area contributed by atoms with Crippen LogP contribution in [0.5, 0.6) is 11.5 Å². The standard InChI is InChI=1S/C27H55O6Si7/c1-17-22-21-23(24(28-35(2,3)4)25(26(22)34)29-36(5,6)7)40(33-39(14,15)16)20-18-19-27(32-40,30-37(8,9)10)31-38(11,12)13/h17,21H,1,18-20H2,2-16H3. The van der Waals surface area contributed by atoms with E-state index in [9.17, 15) is 0 Å². The van der Waals surface area contributed by atoms with Crippen LogP contribution in [0.4, 0.5) is 0 Å². The van der Waals surface area contributed by atoms with Gasteiger partial charge in [0.15, 0.2) is 25.0 Å². The lowest BCUT2D eigenvalue weighted by atomic mass is 10.2. The molecule has 0 aromatic heterocycles. The normalized spacial score (nSPS) is 20.8. The molecule has 1 aliphatic rings. The molecule has 0 aliphatic carbocycles. The summed E-state index contributed by atoms with van der Waals surface area (Å²) >= 11 is 0. The highest BCUT2D eigenvalue weighted by atomic mass is 28.4. The monoisotopic (exact) mass is 671 g/mol. The number of benzene rings is 1. The van der Waals surface area contributed by atoms with Crippen molar-refractivity contribution in [2.24, 2.45) is 0 Å².